The Kier molecular flexibility index (Phi) is 5.61. The summed E-state index contributed by atoms with van der Waals surface area (Å²) in [6.07, 6.45) is 9.76. The molecule has 0 bridgehead atoms. The largest absolute Gasteiger partial charge is 0.359 e. The van der Waals surface area contributed by atoms with Gasteiger partial charge >= 0.3 is 0 Å². The zero-order valence-corrected chi connectivity index (χ0v) is 10.1. The third-order valence-corrected chi connectivity index (χ3v) is 2.69. The number of hydrogen-bond acceptors (Lipinski definition) is 2. The van der Waals surface area contributed by atoms with Crippen LogP contribution >= 0.6 is 0 Å². The van der Waals surface area contributed by atoms with E-state index in [4.69, 9.17) is 0 Å². The Morgan fingerprint density at radius 3 is 2.81 bits per heavy atom. The molecule has 4 heteroatoms. The zero-order chi connectivity index (χ0) is 11.8. The average Bonchev–Trinajstić information content (AvgIpc) is 2.69. The minimum Gasteiger partial charge on any atom is -0.359 e. The summed E-state index contributed by atoms with van der Waals surface area (Å²) in [6, 6.07) is 0. The molecule has 0 saturated heterocycles. The standard InChI is InChI=1S/C12H20N3O/c1-11-14-8-10-15(11)9-6-4-3-5-7-12(16)13-2/h10H,3-7,9H2,1-2H3,(H,13,16). The molecule has 1 aromatic heterocycles. The van der Waals surface area contributed by atoms with Gasteiger partial charge in [0.25, 0.3) is 0 Å². The summed E-state index contributed by atoms with van der Waals surface area (Å²) in [5.74, 6) is 1.16. The third kappa shape index (κ3) is 4.47. The number of imidazole rings is 1. The quantitative estimate of drug-likeness (QED) is 0.714. The molecule has 1 heterocycles. The van der Waals surface area contributed by atoms with Crippen molar-refractivity contribution < 1.29 is 4.79 Å². The minimum atomic E-state index is 0.139. The van der Waals surface area contributed by atoms with Crippen LogP contribution in [0.5, 0.6) is 0 Å². The number of unbranched alkanes of at least 4 members (excludes halogenated alkanes) is 3. The smallest absolute Gasteiger partial charge is 0.219 e. The molecule has 4 nitrogen and oxygen atoms in total. The number of carbonyl (C=O) groups excluding carboxylic acids is 1. The summed E-state index contributed by atoms with van der Waals surface area (Å²) in [5.41, 5.74) is 0. The SMILES string of the molecule is CNC(=O)CCCCCCn1c[c]nc1C. The topological polar surface area (TPSA) is 46.9 Å². The van der Waals surface area contributed by atoms with Crippen molar-refractivity contribution in [3.05, 3.63) is 18.2 Å². The van der Waals surface area contributed by atoms with Crippen LogP contribution in [0.4, 0.5) is 0 Å². The Morgan fingerprint density at radius 1 is 1.44 bits per heavy atom. The maximum atomic E-state index is 10.9. The first-order valence-electron chi connectivity index (χ1n) is 5.84. The Bertz CT molecular complexity index is 320. The second-order valence-electron chi connectivity index (χ2n) is 3.95. The average molecular weight is 222 g/mol. The highest BCUT2D eigenvalue weighted by molar-refractivity contribution is 5.75. The molecular formula is C12H20N3O. The molecule has 0 aromatic carbocycles. The van der Waals surface area contributed by atoms with E-state index >= 15 is 0 Å². The number of hydrogen-bond donors (Lipinski definition) is 1. The van der Waals surface area contributed by atoms with E-state index in [1.165, 1.54) is 0 Å². The van der Waals surface area contributed by atoms with Gasteiger partial charge in [0.2, 0.25) is 5.91 Å². The van der Waals surface area contributed by atoms with E-state index in [1.807, 2.05) is 13.1 Å². The van der Waals surface area contributed by atoms with Crippen LogP contribution in [0.25, 0.3) is 0 Å². The number of nitrogens with zero attached hydrogens (tertiary/aromatic N) is 2. The van der Waals surface area contributed by atoms with Gasteiger partial charge in [-0.2, -0.15) is 0 Å². The molecule has 0 saturated carbocycles. The lowest BCUT2D eigenvalue weighted by atomic mass is 10.1. The molecule has 0 atom stereocenters. The van der Waals surface area contributed by atoms with Crippen molar-refractivity contribution in [2.45, 2.75) is 45.6 Å². The summed E-state index contributed by atoms with van der Waals surface area (Å²) in [6.45, 7) is 2.99. The first-order valence-corrected chi connectivity index (χ1v) is 5.84. The van der Waals surface area contributed by atoms with Crippen molar-refractivity contribution >= 4 is 5.91 Å². The van der Waals surface area contributed by atoms with E-state index in [-0.39, 0.29) is 5.91 Å². The van der Waals surface area contributed by atoms with Gasteiger partial charge in [-0.3, -0.25) is 4.79 Å². The van der Waals surface area contributed by atoms with E-state index in [9.17, 15) is 4.79 Å². The van der Waals surface area contributed by atoms with Crippen LogP contribution in [-0.4, -0.2) is 22.5 Å². The van der Waals surface area contributed by atoms with Gasteiger partial charge in [0.05, 0.1) is 0 Å². The third-order valence-electron chi connectivity index (χ3n) is 2.69. The van der Waals surface area contributed by atoms with Crippen LogP contribution in [0.15, 0.2) is 6.20 Å². The van der Waals surface area contributed by atoms with Crippen molar-refractivity contribution in [2.75, 3.05) is 7.05 Å². The molecule has 0 fully saturated rings. The van der Waals surface area contributed by atoms with Crippen LogP contribution in [-0.2, 0) is 11.3 Å². The molecule has 0 aliphatic carbocycles. The maximum absolute atomic E-state index is 10.9. The van der Waals surface area contributed by atoms with Gasteiger partial charge in [-0.15, -0.1) is 0 Å². The van der Waals surface area contributed by atoms with Gasteiger partial charge < -0.3 is 9.88 Å². The summed E-state index contributed by atoms with van der Waals surface area (Å²) < 4.78 is 2.11. The van der Waals surface area contributed by atoms with Gasteiger partial charge in [0.15, 0.2) is 0 Å². The monoisotopic (exact) mass is 222 g/mol. The highest BCUT2D eigenvalue weighted by Crippen LogP contribution is 2.05. The van der Waals surface area contributed by atoms with Crippen LogP contribution < -0.4 is 5.32 Å². The fraction of sp³-hybridized carbons (Fsp3) is 0.667. The molecule has 16 heavy (non-hydrogen) atoms. The van der Waals surface area contributed by atoms with Crippen molar-refractivity contribution in [3.63, 3.8) is 0 Å². The maximum Gasteiger partial charge on any atom is 0.219 e. The highest BCUT2D eigenvalue weighted by atomic mass is 16.1. The lowest BCUT2D eigenvalue weighted by Gasteiger charge is -2.04. The van der Waals surface area contributed by atoms with Crippen LogP contribution in [0.1, 0.15) is 37.9 Å². The Labute approximate surface area is 97.1 Å². The van der Waals surface area contributed by atoms with Crippen LogP contribution in [0.3, 0.4) is 0 Å². The van der Waals surface area contributed by atoms with E-state index in [1.54, 1.807) is 7.05 Å². The minimum absolute atomic E-state index is 0.139. The number of carbonyl (C=O) groups is 1. The summed E-state index contributed by atoms with van der Waals surface area (Å²) >= 11 is 0. The molecule has 1 rings (SSSR count). The molecule has 1 amide bonds. The van der Waals surface area contributed by atoms with Crippen molar-refractivity contribution in [1.29, 1.82) is 0 Å². The van der Waals surface area contributed by atoms with Crippen molar-refractivity contribution in [3.8, 4) is 0 Å². The molecular weight excluding hydrogens is 202 g/mol. The fourth-order valence-electron chi connectivity index (χ4n) is 1.62. The normalized spacial score (nSPS) is 10.4. The number of aromatic nitrogens is 2. The molecule has 89 valence electrons. The van der Waals surface area contributed by atoms with Gasteiger partial charge in [-0.25, -0.2) is 4.98 Å². The van der Waals surface area contributed by atoms with Gasteiger partial charge in [-0.05, 0) is 19.8 Å². The highest BCUT2D eigenvalue weighted by Gasteiger charge is 1.99. The van der Waals surface area contributed by atoms with Crippen molar-refractivity contribution in [1.82, 2.24) is 14.9 Å². The number of nitrogens with one attached hydrogen (secondary N) is 1. The second-order valence-corrected chi connectivity index (χ2v) is 3.95. The first-order chi connectivity index (χ1) is 7.74. The molecule has 0 spiro atoms. The molecule has 1 aromatic rings. The molecule has 0 unspecified atom stereocenters. The summed E-state index contributed by atoms with van der Waals surface area (Å²) in [7, 11) is 1.68. The second kappa shape index (κ2) is 7.04. The lowest BCUT2D eigenvalue weighted by Crippen LogP contribution is -2.16. The van der Waals surface area contributed by atoms with Crippen LogP contribution in [0, 0.1) is 13.1 Å². The zero-order valence-electron chi connectivity index (χ0n) is 10.1. The van der Waals surface area contributed by atoms with E-state index in [0.717, 1.165) is 38.1 Å². The summed E-state index contributed by atoms with van der Waals surface area (Å²) in [4.78, 5) is 15.0. The molecule has 1 radical (unpaired) electrons. The Balaban J connectivity index is 2.00. The van der Waals surface area contributed by atoms with Gasteiger partial charge in [0, 0.05) is 26.2 Å². The fourth-order valence-corrected chi connectivity index (χ4v) is 1.62. The summed E-state index contributed by atoms with van der Waals surface area (Å²) in [5, 5.41) is 2.63. The van der Waals surface area contributed by atoms with E-state index in [2.05, 4.69) is 21.1 Å². The molecule has 0 aliphatic heterocycles. The first kappa shape index (κ1) is 12.7. The van der Waals surface area contributed by atoms with Gasteiger partial charge in [-0.1, -0.05) is 12.8 Å². The number of aryl methyl sites for hydroxylation is 2. The predicted molar refractivity (Wildman–Crippen MR) is 63.0 cm³/mol. The Hall–Kier alpha value is -1.32. The number of amides is 1. The van der Waals surface area contributed by atoms with E-state index in [0.29, 0.717) is 6.42 Å². The Morgan fingerprint density at radius 2 is 2.19 bits per heavy atom. The lowest BCUT2D eigenvalue weighted by molar-refractivity contribution is -0.120. The van der Waals surface area contributed by atoms with E-state index < -0.39 is 0 Å². The van der Waals surface area contributed by atoms with Crippen LogP contribution in [0.2, 0.25) is 0 Å². The predicted octanol–water partition coefficient (Wildman–Crippen LogP) is 1.69. The van der Waals surface area contributed by atoms with Crippen molar-refractivity contribution in [2.24, 2.45) is 0 Å². The van der Waals surface area contributed by atoms with Gasteiger partial charge in [0.1, 0.15) is 12.0 Å². The number of rotatable bonds is 7. The molecule has 0 aliphatic rings. The molecule has 1 N–H and O–H groups in total.